The fourth-order valence-electron chi connectivity index (χ4n) is 2.64. The average Bonchev–Trinajstić information content (AvgIpc) is 2.95. The second-order valence-corrected chi connectivity index (χ2v) is 7.27. The van der Waals surface area contributed by atoms with E-state index in [9.17, 15) is 12.8 Å². The Bertz CT molecular complexity index is 586. The lowest BCUT2D eigenvalue weighted by Crippen LogP contribution is -2.37. The molecule has 1 aliphatic rings. The highest BCUT2D eigenvalue weighted by Gasteiger charge is 2.20. The van der Waals surface area contributed by atoms with Crippen molar-refractivity contribution in [2.75, 3.05) is 25.9 Å². The zero-order valence-electron chi connectivity index (χ0n) is 12.2. The lowest BCUT2D eigenvalue weighted by atomic mass is 10.2. The zero-order chi connectivity index (χ0) is 15.5. The predicted molar refractivity (Wildman–Crippen MR) is 80.9 cm³/mol. The van der Waals surface area contributed by atoms with Crippen LogP contribution in [0.1, 0.15) is 25.7 Å². The summed E-state index contributed by atoms with van der Waals surface area (Å²) in [5.74, 6) is -0.721. The average molecular weight is 315 g/mol. The number of halogens is 1. The lowest BCUT2D eigenvalue weighted by Gasteiger charge is -2.23. The molecule has 0 radical (unpaired) electrons. The van der Waals surface area contributed by atoms with Gasteiger partial charge in [0.05, 0.1) is 10.6 Å². The van der Waals surface area contributed by atoms with E-state index in [4.69, 9.17) is 5.73 Å². The molecule has 3 N–H and O–H groups in total. The van der Waals surface area contributed by atoms with E-state index in [1.807, 2.05) is 7.05 Å². The third-order valence-corrected chi connectivity index (χ3v) is 5.45. The number of likely N-dealkylation sites (N-methyl/N-ethyl adjacent to an activating group) is 1. The second-order valence-electron chi connectivity index (χ2n) is 5.50. The fraction of sp³-hybridized carbons (Fsp3) is 0.571. The standard InChI is InChI=1S/C14H22FN3O2S/c1-18(11-4-2-3-5-11)9-8-17-21(19,20)12-6-7-14(16)13(15)10-12/h6-7,10-11,17H,2-5,8-9,16H2,1H3. The minimum absolute atomic E-state index is 0.0603. The third kappa shape index (κ3) is 4.15. The Balaban J connectivity index is 1.90. The summed E-state index contributed by atoms with van der Waals surface area (Å²) in [7, 11) is -1.68. The molecule has 118 valence electrons. The molecule has 1 fully saturated rings. The summed E-state index contributed by atoms with van der Waals surface area (Å²) in [6.45, 7) is 0.947. The molecule has 21 heavy (non-hydrogen) atoms. The van der Waals surface area contributed by atoms with E-state index in [2.05, 4.69) is 9.62 Å². The first-order valence-corrected chi connectivity index (χ1v) is 8.63. The minimum atomic E-state index is -3.69. The number of nitrogens with zero attached hydrogens (tertiary/aromatic N) is 1. The molecule has 0 saturated heterocycles. The molecule has 0 amide bonds. The van der Waals surface area contributed by atoms with Crippen LogP contribution in [0, 0.1) is 5.82 Å². The molecule has 2 rings (SSSR count). The summed E-state index contributed by atoms with van der Waals surface area (Å²) in [6, 6.07) is 4.05. The maximum absolute atomic E-state index is 13.3. The number of nitrogens with two attached hydrogens (primary N) is 1. The highest BCUT2D eigenvalue weighted by molar-refractivity contribution is 7.89. The van der Waals surface area contributed by atoms with Crippen LogP contribution in [-0.4, -0.2) is 39.5 Å². The van der Waals surface area contributed by atoms with Gasteiger partial charge < -0.3 is 10.6 Å². The topological polar surface area (TPSA) is 75.4 Å². The van der Waals surface area contributed by atoms with Gasteiger partial charge in [-0.2, -0.15) is 0 Å². The van der Waals surface area contributed by atoms with Crippen molar-refractivity contribution in [1.82, 2.24) is 9.62 Å². The van der Waals surface area contributed by atoms with E-state index < -0.39 is 15.8 Å². The van der Waals surface area contributed by atoms with E-state index in [0.29, 0.717) is 19.1 Å². The maximum atomic E-state index is 13.3. The molecule has 7 heteroatoms. The number of nitrogen functional groups attached to an aromatic ring is 1. The largest absolute Gasteiger partial charge is 0.396 e. The molecule has 0 atom stereocenters. The van der Waals surface area contributed by atoms with Crippen LogP contribution in [0.4, 0.5) is 10.1 Å². The molecule has 0 unspecified atom stereocenters. The Morgan fingerprint density at radius 1 is 1.38 bits per heavy atom. The molecular weight excluding hydrogens is 293 g/mol. The molecule has 0 aromatic heterocycles. The number of hydrogen-bond donors (Lipinski definition) is 2. The van der Waals surface area contributed by atoms with Crippen molar-refractivity contribution in [2.24, 2.45) is 0 Å². The Labute approximate surface area is 125 Å². The van der Waals surface area contributed by atoms with E-state index in [1.165, 1.54) is 37.8 Å². The molecule has 0 aliphatic heterocycles. The maximum Gasteiger partial charge on any atom is 0.240 e. The molecule has 1 aromatic rings. The van der Waals surface area contributed by atoms with E-state index >= 15 is 0 Å². The number of hydrogen-bond acceptors (Lipinski definition) is 4. The van der Waals surface area contributed by atoms with Gasteiger partial charge in [0, 0.05) is 19.1 Å². The van der Waals surface area contributed by atoms with Gasteiger partial charge in [0.25, 0.3) is 0 Å². The van der Waals surface area contributed by atoms with Crippen LogP contribution in [0.25, 0.3) is 0 Å². The number of sulfonamides is 1. The zero-order valence-corrected chi connectivity index (χ0v) is 13.0. The molecule has 5 nitrogen and oxygen atoms in total. The van der Waals surface area contributed by atoms with Gasteiger partial charge >= 0.3 is 0 Å². The monoisotopic (exact) mass is 315 g/mol. The Morgan fingerprint density at radius 2 is 2.05 bits per heavy atom. The normalized spacial score (nSPS) is 16.7. The van der Waals surface area contributed by atoms with E-state index in [1.54, 1.807) is 0 Å². The van der Waals surface area contributed by atoms with Crippen LogP contribution in [0.3, 0.4) is 0 Å². The van der Waals surface area contributed by atoms with Crippen molar-refractivity contribution in [3.8, 4) is 0 Å². The van der Waals surface area contributed by atoms with Gasteiger partial charge in [0.2, 0.25) is 10.0 Å². The molecular formula is C14H22FN3O2S. The molecule has 1 aromatic carbocycles. The van der Waals surface area contributed by atoms with Crippen molar-refractivity contribution in [3.05, 3.63) is 24.0 Å². The van der Waals surface area contributed by atoms with Crippen molar-refractivity contribution >= 4 is 15.7 Å². The first kappa shape index (κ1) is 16.2. The van der Waals surface area contributed by atoms with Gasteiger partial charge in [0.1, 0.15) is 5.82 Å². The van der Waals surface area contributed by atoms with Crippen LogP contribution in [0.15, 0.2) is 23.1 Å². The van der Waals surface area contributed by atoms with Crippen LogP contribution >= 0.6 is 0 Å². The Kier molecular flexibility index (Phi) is 5.18. The van der Waals surface area contributed by atoms with E-state index in [0.717, 1.165) is 6.07 Å². The summed E-state index contributed by atoms with van der Waals surface area (Å²) >= 11 is 0. The summed E-state index contributed by atoms with van der Waals surface area (Å²) in [5, 5.41) is 0. The fourth-order valence-corrected chi connectivity index (χ4v) is 3.67. The highest BCUT2D eigenvalue weighted by Crippen LogP contribution is 2.22. The van der Waals surface area contributed by atoms with Crippen LogP contribution in [-0.2, 0) is 10.0 Å². The van der Waals surface area contributed by atoms with Crippen molar-refractivity contribution in [2.45, 2.75) is 36.6 Å². The van der Waals surface area contributed by atoms with Gasteiger partial charge in [-0.1, -0.05) is 12.8 Å². The van der Waals surface area contributed by atoms with Crippen LogP contribution in [0.2, 0.25) is 0 Å². The number of anilines is 1. The van der Waals surface area contributed by atoms with Crippen molar-refractivity contribution < 1.29 is 12.8 Å². The molecule has 0 bridgehead atoms. The number of nitrogens with one attached hydrogen (secondary N) is 1. The number of rotatable bonds is 6. The smallest absolute Gasteiger partial charge is 0.240 e. The van der Waals surface area contributed by atoms with Gasteiger partial charge in [0.15, 0.2) is 0 Å². The van der Waals surface area contributed by atoms with Gasteiger partial charge in [-0.25, -0.2) is 17.5 Å². The second kappa shape index (κ2) is 6.72. The first-order valence-electron chi connectivity index (χ1n) is 7.15. The van der Waals surface area contributed by atoms with Crippen LogP contribution in [0.5, 0.6) is 0 Å². The third-order valence-electron chi connectivity index (χ3n) is 3.99. The van der Waals surface area contributed by atoms with Crippen LogP contribution < -0.4 is 10.5 Å². The number of benzene rings is 1. The SMILES string of the molecule is CN(CCNS(=O)(=O)c1ccc(N)c(F)c1)C1CCCC1. The first-order chi connectivity index (χ1) is 9.90. The van der Waals surface area contributed by atoms with Crippen molar-refractivity contribution in [3.63, 3.8) is 0 Å². The van der Waals surface area contributed by atoms with Gasteiger partial charge in [-0.3, -0.25) is 0 Å². The summed E-state index contributed by atoms with van der Waals surface area (Å²) < 4.78 is 40.0. The molecule has 0 spiro atoms. The highest BCUT2D eigenvalue weighted by atomic mass is 32.2. The van der Waals surface area contributed by atoms with E-state index in [-0.39, 0.29) is 10.6 Å². The molecule has 0 heterocycles. The molecule has 1 saturated carbocycles. The van der Waals surface area contributed by atoms with Gasteiger partial charge in [-0.15, -0.1) is 0 Å². The summed E-state index contributed by atoms with van der Waals surface area (Å²) in [6.07, 6.45) is 4.83. The Morgan fingerprint density at radius 3 is 2.67 bits per heavy atom. The minimum Gasteiger partial charge on any atom is -0.396 e. The lowest BCUT2D eigenvalue weighted by molar-refractivity contribution is 0.250. The molecule has 1 aliphatic carbocycles. The predicted octanol–water partition coefficient (Wildman–Crippen LogP) is 1.56. The quantitative estimate of drug-likeness (QED) is 0.781. The van der Waals surface area contributed by atoms with Gasteiger partial charge in [-0.05, 0) is 38.1 Å². The summed E-state index contributed by atoms with van der Waals surface area (Å²) in [5.41, 5.74) is 5.28. The van der Waals surface area contributed by atoms with Crippen molar-refractivity contribution in [1.29, 1.82) is 0 Å². The Hall–Kier alpha value is -1.18. The summed E-state index contributed by atoms with van der Waals surface area (Å²) in [4.78, 5) is 2.08.